The average Bonchev–Trinajstić information content (AvgIpc) is 2.97. The van der Waals surface area contributed by atoms with Crippen LogP contribution in [0, 0.1) is 23.2 Å². The van der Waals surface area contributed by atoms with Crippen molar-refractivity contribution in [3.05, 3.63) is 69.7 Å². The molecule has 0 spiro atoms. The number of aliphatic hydroxyl groups is 4. The van der Waals surface area contributed by atoms with Crippen molar-refractivity contribution < 1.29 is 39.9 Å². The van der Waals surface area contributed by atoms with E-state index < -0.39 is 58.4 Å². The number of carbonyl (C=O) groups excluding carboxylic acids is 2. The first-order valence-electron chi connectivity index (χ1n) is 14.3. The Hall–Kier alpha value is -4.41. The van der Waals surface area contributed by atoms with E-state index in [1.54, 1.807) is 31.1 Å². The topological polar surface area (TPSA) is 210 Å². The fourth-order valence-electron chi connectivity index (χ4n) is 7.13. The highest BCUT2D eigenvalue weighted by molar-refractivity contribution is 6.14. The van der Waals surface area contributed by atoms with Crippen molar-refractivity contribution in [2.24, 2.45) is 17.6 Å². The largest absolute Gasteiger partial charge is 0.510 e. The van der Waals surface area contributed by atoms with Crippen LogP contribution in [0.2, 0.25) is 0 Å². The van der Waals surface area contributed by atoms with Crippen LogP contribution in [-0.4, -0.2) is 87.6 Å². The number of amides is 1. The Morgan fingerprint density at radius 2 is 1.93 bits per heavy atom. The van der Waals surface area contributed by atoms with Crippen molar-refractivity contribution in [3.8, 4) is 28.7 Å². The summed E-state index contributed by atoms with van der Waals surface area (Å²) in [7, 11) is 4.75. The molecular formula is C32H36N4O8. The maximum Gasteiger partial charge on any atom is 0.250 e. The van der Waals surface area contributed by atoms with E-state index in [-0.39, 0.29) is 29.7 Å². The second-order valence-corrected chi connectivity index (χ2v) is 11.7. The van der Waals surface area contributed by atoms with E-state index in [1.807, 2.05) is 12.1 Å². The number of hydrogen-bond donors (Lipinski definition) is 7. The first kappa shape index (κ1) is 31.0. The molecule has 0 bridgehead atoms. The maximum absolute atomic E-state index is 14.1. The van der Waals surface area contributed by atoms with E-state index in [4.69, 9.17) is 15.7 Å². The lowest BCUT2D eigenvalue weighted by atomic mass is 9.58. The highest BCUT2D eigenvalue weighted by atomic mass is 16.5. The number of primary amides is 1. The molecule has 0 radical (unpaired) electrons. The van der Waals surface area contributed by atoms with Gasteiger partial charge in [0, 0.05) is 36.6 Å². The second-order valence-electron chi connectivity index (χ2n) is 11.7. The number of nitriles is 1. The summed E-state index contributed by atoms with van der Waals surface area (Å²) >= 11 is 0. The van der Waals surface area contributed by atoms with Crippen molar-refractivity contribution in [2.75, 3.05) is 27.7 Å². The van der Waals surface area contributed by atoms with Crippen LogP contribution in [0.25, 0.3) is 11.1 Å². The van der Waals surface area contributed by atoms with Crippen LogP contribution in [0.3, 0.4) is 0 Å². The number of ether oxygens (including phenoxy) is 1. The van der Waals surface area contributed by atoms with Crippen LogP contribution in [0.4, 0.5) is 0 Å². The number of carbonyl (C=O) groups is 2. The highest BCUT2D eigenvalue weighted by Gasteiger charge is 2.63. The molecule has 0 aromatic heterocycles. The minimum Gasteiger partial charge on any atom is -0.510 e. The predicted molar refractivity (Wildman–Crippen MR) is 159 cm³/mol. The van der Waals surface area contributed by atoms with E-state index in [0.717, 1.165) is 5.56 Å². The molecule has 0 aliphatic heterocycles. The Kier molecular flexibility index (Phi) is 8.17. The van der Waals surface area contributed by atoms with Crippen molar-refractivity contribution in [1.29, 1.82) is 5.26 Å². The molecule has 0 unspecified atom stereocenters. The van der Waals surface area contributed by atoms with Gasteiger partial charge in [-0.15, -0.1) is 0 Å². The molecule has 0 saturated heterocycles. The maximum atomic E-state index is 14.1. The monoisotopic (exact) mass is 604 g/mol. The van der Waals surface area contributed by atoms with Gasteiger partial charge in [-0.05, 0) is 67.7 Å². The number of nitrogens with zero attached hydrogens (tertiary/aromatic N) is 2. The Morgan fingerprint density at radius 1 is 1.20 bits per heavy atom. The van der Waals surface area contributed by atoms with Crippen molar-refractivity contribution in [2.45, 2.75) is 43.6 Å². The highest BCUT2D eigenvalue weighted by Crippen LogP contribution is 2.54. The quantitative estimate of drug-likeness (QED) is 0.215. The van der Waals surface area contributed by atoms with Crippen LogP contribution < -0.4 is 15.8 Å². The van der Waals surface area contributed by atoms with Crippen LogP contribution in [0.1, 0.15) is 34.3 Å². The van der Waals surface area contributed by atoms with Crippen LogP contribution in [-0.2, 0) is 17.8 Å². The van der Waals surface area contributed by atoms with Crippen molar-refractivity contribution >= 4 is 11.7 Å². The molecule has 0 saturated carbocycles. The van der Waals surface area contributed by atoms with Crippen LogP contribution >= 0.6 is 0 Å². The molecule has 2 aromatic carbocycles. The Bertz CT molecular complexity index is 1640. The molecule has 12 heteroatoms. The third-order valence-electron chi connectivity index (χ3n) is 9.11. The summed E-state index contributed by atoms with van der Waals surface area (Å²) in [6.45, 7) is 1.00. The molecule has 5 atom stereocenters. The number of aromatic hydroxyl groups is 1. The molecule has 44 heavy (non-hydrogen) atoms. The van der Waals surface area contributed by atoms with E-state index in [2.05, 4.69) is 11.4 Å². The van der Waals surface area contributed by atoms with Gasteiger partial charge in [0.05, 0.1) is 30.4 Å². The van der Waals surface area contributed by atoms with Gasteiger partial charge in [0.1, 0.15) is 29.1 Å². The van der Waals surface area contributed by atoms with Gasteiger partial charge in [-0.3, -0.25) is 14.5 Å². The van der Waals surface area contributed by atoms with E-state index in [1.165, 1.54) is 13.2 Å². The number of nitrogens with two attached hydrogens (primary N) is 1. The molecule has 0 heterocycles. The van der Waals surface area contributed by atoms with Crippen LogP contribution in [0.5, 0.6) is 11.5 Å². The SMILES string of the molecule is COc1ccc(CNCCC#N)cc1-c1ccc(O)c2c1C[C@H]1C[C@H]3[C@H](N(C)C)C(O)=C(C(N)=O)[C@@H](O)[C@@]3(O)C(O)=C1C2=O. The summed E-state index contributed by atoms with van der Waals surface area (Å²) in [5.41, 5.74) is 4.81. The van der Waals surface area contributed by atoms with Crippen molar-refractivity contribution in [1.82, 2.24) is 10.2 Å². The first-order valence-corrected chi connectivity index (χ1v) is 14.3. The molecule has 0 fully saturated rings. The number of phenols is 1. The fourth-order valence-corrected chi connectivity index (χ4v) is 7.13. The first-order chi connectivity index (χ1) is 20.9. The zero-order valence-corrected chi connectivity index (χ0v) is 24.7. The normalized spacial score (nSPS) is 26.2. The second kappa shape index (κ2) is 11.6. The van der Waals surface area contributed by atoms with Gasteiger partial charge in [0.25, 0.3) is 5.91 Å². The molecule has 2 aromatic rings. The van der Waals surface area contributed by atoms with Gasteiger partial charge in [-0.2, -0.15) is 5.26 Å². The van der Waals surface area contributed by atoms with Crippen LogP contribution in [0.15, 0.2) is 53.0 Å². The molecule has 8 N–H and O–H groups in total. The van der Waals surface area contributed by atoms with Gasteiger partial charge in [-0.1, -0.05) is 12.1 Å². The molecule has 3 aliphatic carbocycles. The van der Waals surface area contributed by atoms with Gasteiger partial charge >= 0.3 is 0 Å². The number of allylic oxidation sites excluding steroid dienone is 1. The molecule has 232 valence electrons. The number of ketones is 1. The number of aliphatic hydroxyl groups excluding tert-OH is 3. The Labute approximate surface area is 254 Å². The zero-order valence-electron chi connectivity index (χ0n) is 24.7. The third-order valence-corrected chi connectivity index (χ3v) is 9.11. The van der Waals surface area contributed by atoms with E-state index in [0.29, 0.717) is 42.0 Å². The van der Waals surface area contributed by atoms with E-state index >= 15 is 0 Å². The minimum absolute atomic E-state index is 0.0478. The number of benzene rings is 2. The Morgan fingerprint density at radius 3 is 2.57 bits per heavy atom. The number of phenolic OH excluding ortho intramolecular Hbond substituents is 1. The molecular weight excluding hydrogens is 568 g/mol. The van der Waals surface area contributed by atoms with Gasteiger partial charge in [-0.25, -0.2) is 0 Å². The third kappa shape index (κ3) is 4.69. The summed E-state index contributed by atoms with van der Waals surface area (Å²) < 4.78 is 5.65. The summed E-state index contributed by atoms with van der Waals surface area (Å²) in [5, 5.41) is 68.6. The molecule has 3 aliphatic rings. The number of nitrogens with one attached hydrogen (secondary N) is 1. The molecule has 12 nitrogen and oxygen atoms in total. The summed E-state index contributed by atoms with van der Waals surface area (Å²) in [5.74, 6) is -4.70. The number of hydrogen-bond acceptors (Lipinski definition) is 11. The number of rotatable bonds is 8. The zero-order chi connectivity index (χ0) is 32.1. The summed E-state index contributed by atoms with van der Waals surface area (Å²) in [6, 6.07) is 9.75. The number of fused-ring (bicyclic) bond motifs is 3. The van der Waals surface area contributed by atoms with Gasteiger partial charge in [0.2, 0.25) is 0 Å². The summed E-state index contributed by atoms with van der Waals surface area (Å²) in [4.78, 5) is 27.9. The minimum atomic E-state index is -2.51. The lowest BCUT2D eigenvalue weighted by molar-refractivity contribution is -0.143. The number of Topliss-reactive ketones (excluding diaryl/α,β-unsaturated/α-hetero) is 1. The number of methoxy groups -OCH3 is 1. The predicted octanol–water partition coefficient (Wildman–Crippen LogP) is 1.59. The summed E-state index contributed by atoms with van der Waals surface area (Å²) in [6.07, 6.45) is -1.52. The standard InChI is InChI=1S/C32H36N4O8/c1-36(2)26-20-13-16-12-19-17(18-11-15(5-8-22(18)44-3)14-35-10-4-9-33)6-7-21(37)24(19)27(38)23(16)29(40)32(20,43)30(41)25(28(26)39)31(34)42/h5-8,11,16,20,26,30,35,37,39-41,43H,4,10,12-14H2,1-3H3,(H2,34,42)/t16-,20-,26-,30+,32-/m0/s1. The lowest BCUT2D eigenvalue weighted by Crippen LogP contribution is -2.65. The van der Waals surface area contributed by atoms with Gasteiger partial charge in [0.15, 0.2) is 11.4 Å². The lowest BCUT2D eigenvalue weighted by Gasteiger charge is -2.53. The number of likely N-dealkylation sites (N-methyl/N-ethyl adjacent to an activating group) is 1. The molecule has 5 rings (SSSR count). The Balaban J connectivity index is 1.65. The van der Waals surface area contributed by atoms with E-state index in [9.17, 15) is 35.1 Å². The fraction of sp³-hybridized carbons (Fsp3) is 0.406. The molecule has 1 amide bonds. The average molecular weight is 605 g/mol. The smallest absolute Gasteiger partial charge is 0.250 e. The van der Waals surface area contributed by atoms with Gasteiger partial charge < -0.3 is 41.3 Å². The van der Waals surface area contributed by atoms with Crippen molar-refractivity contribution in [3.63, 3.8) is 0 Å².